The fourth-order valence-corrected chi connectivity index (χ4v) is 3.08. The Kier molecular flexibility index (Phi) is 5.28. The molecule has 1 amide bonds. The molecule has 5 heteroatoms. The first-order valence-electron chi connectivity index (χ1n) is 8.38. The van der Waals surface area contributed by atoms with Gasteiger partial charge in [0.25, 0.3) is 0 Å². The van der Waals surface area contributed by atoms with Gasteiger partial charge in [-0.25, -0.2) is 4.98 Å². The Labute approximate surface area is 157 Å². The van der Waals surface area contributed by atoms with Crippen LogP contribution in [0.4, 0.5) is 5.13 Å². The number of amides is 1. The molecule has 3 rings (SSSR count). The lowest BCUT2D eigenvalue weighted by atomic mass is 9.87. The molecule has 0 saturated heterocycles. The number of thiazole rings is 1. The fourth-order valence-electron chi connectivity index (χ4n) is 2.38. The summed E-state index contributed by atoms with van der Waals surface area (Å²) in [6, 6.07) is 13.9. The van der Waals surface area contributed by atoms with Crippen molar-refractivity contribution in [2.45, 2.75) is 26.2 Å². The molecule has 0 bridgehead atoms. The Bertz CT molecular complexity index is 906. The van der Waals surface area contributed by atoms with Gasteiger partial charge in [-0.3, -0.25) is 15.1 Å². The number of nitrogens with zero attached hydrogens (tertiary/aromatic N) is 2. The van der Waals surface area contributed by atoms with Crippen molar-refractivity contribution in [3.8, 4) is 11.4 Å². The largest absolute Gasteiger partial charge is 0.298 e. The van der Waals surface area contributed by atoms with Crippen LogP contribution in [0.15, 0.2) is 60.1 Å². The molecule has 2 aromatic heterocycles. The van der Waals surface area contributed by atoms with Crippen LogP contribution in [-0.2, 0) is 10.2 Å². The van der Waals surface area contributed by atoms with Crippen molar-refractivity contribution in [1.82, 2.24) is 9.97 Å². The number of aromatic nitrogens is 2. The maximum absolute atomic E-state index is 12.1. The molecule has 0 aliphatic carbocycles. The normalized spacial score (nSPS) is 11.7. The van der Waals surface area contributed by atoms with E-state index in [-0.39, 0.29) is 11.3 Å². The number of rotatable bonds is 4. The summed E-state index contributed by atoms with van der Waals surface area (Å²) in [6.07, 6.45) is 5.05. The smallest absolute Gasteiger partial charge is 0.250 e. The summed E-state index contributed by atoms with van der Waals surface area (Å²) >= 11 is 1.38. The number of carbonyl (C=O) groups is 1. The Morgan fingerprint density at radius 1 is 1.08 bits per heavy atom. The summed E-state index contributed by atoms with van der Waals surface area (Å²) in [4.78, 5) is 20.8. The van der Waals surface area contributed by atoms with Crippen molar-refractivity contribution in [2.75, 3.05) is 5.32 Å². The molecule has 0 fully saturated rings. The van der Waals surface area contributed by atoms with Gasteiger partial charge in [0, 0.05) is 17.7 Å². The van der Waals surface area contributed by atoms with Gasteiger partial charge >= 0.3 is 0 Å². The van der Waals surface area contributed by atoms with Gasteiger partial charge in [-0.2, -0.15) is 0 Å². The Morgan fingerprint density at radius 2 is 1.85 bits per heavy atom. The van der Waals surface area contributed by atoms with Gasteiger partial charge in [-0.05, 0) is 34.8 Å². The molecule has 3 aromatic rings. The predicted molar refractivity (Wildman–Crippen MR) is 108 cm³/mol. The first kappa shape index (κ1) is 18.0. The fraction of sp³-hybridized carbons (Fsp3) is 0.190. The number of nitrogens with one attached hydrogen (secondary N) is 1. The van der Waals surface area contributed by atoms with Gasteiger partial charge in [-0.15, -0.1) is 11.3 Å². The average molecular weight is 363 g/mol. The van der Waals surface area contributed by atoms with Crippen molar-refractivity contribution < 1.29 is 4.79 Å². The molecule has 1 aromatic carbocycles. The lowest BCUT2D eigenvalue weighted by molar-refractivity contribution is -0.111. The zero-order valence-electron chi connectivity index (χ0n) is 15.1. The van der Waals surface area contributed by atoms with Crippen LogP contribution in [0.5, 0.6) is 0 Å². The summed E-state index contributed by atoms with van der Waals surface area (Å²) in [6.45, 7) is 6.54. The van der Waals surface area contributed by atoms with Crippen LogP contribution in [0.3, 0.4) is 0 Å². The molecule has 0 spiro atoms. The summed E-state index contributed by atoms with van der Waals surface area (Å²) in [7, 11) is 0. The molecule has 26 heavy (non-hydrogen) atoms. The first-order valence-corrected chi connectivity index (χ1v) is 9.26. The number of carbonyl (C=O) groups excluding carboxylic acids is 1. The number of benzene rings is 1. The molecular formula is C21H21N3OS. The minimum atomic E-state index is -0.202. The van der Waals surface area contributed by atoms with E-state index in [1.165, 1.54) is 23.0 Å². The van der Waals surface area contributed by atoms with E-state index in [0.717, 1.165) is 17.0 Å². The molecule has 132 valence electrons. The van der Waals surface area contributed by atoms with E-state index in [4.69, 9.17) is 0 Å². The second-order valence-electron chi connectivity index (χ2n) is 6.95. The lowest BCUT2D eigenvalue weighted by Gasteiger charge is -2.18. The zero-order valence-corrected chi connectivity index (χ0v) is 15.9. The highest BCUT2D eigenvalue weighted by Gasteiger charge is 2.12. The Morgan fingerprint density at radius 3 is 2.50 bits per heavy atom. The highest BCUT2D eigenvalue weighted by atomic mass is 32.1. The highest BCUT2D eigenvalue weighted by molar-refractivity contribution is 7.14. The Hall–Kier alpha value is -2.79. The van der Waals surface area contributed by atoms with E-state index >= 15 is 0 Å². The summed E-state index contributed by atoms with van der Waals surface area (Å²) in [5.74, 6) is -0.202. The van der Waals surface area contributed by atoms with Crippen LogP contribution in [-0.4, -0.2) is 15.9 Å². The van der Waals surface area contributed by atoms with E-state index in [9.17, 15) is 4.79 Å². The van der Waals surface area contributed by atoms with Crippen LogP contribution in [0.1, 0.15) is 31.9 Å². The predicted octanol–water partition coefficient (Wildman–Crippen LogP) is 5.15. The molecule has 0 saturated carbocycles. The van der Waals surface area contributed by atoms with Gasteiger partial charge in [0.05, 0.1) is 5.69 Å². The van der Waals surface area contributed by atoms with E-state index in [1.54, 1.807) is 12.3 Å². The minimum Gasteiger partial charge on any atom is -0.298 e. The first-order chi connectivity index (χ1) is 12.4. The van der Waals surface area contributed by atoms with Crippen molar-refractivity contribution in [3.05, 3.63) is 71.2 Å². The standard InChI is InChI=1S/C21H21N3OS/c1-21(2,3)16-10-7-15(8-11-16)9-12-19(25)24-20-23-18(14-26-20)17-6-4-5-13-22-17/h4-14H,1-3H3,(H,23,24,25)/b12-9+. The third-order valence-corrected chi connectivity index (χ3v) is 4.62. The van der Waals surface area contributed by atoms with Crippen molar-refractivity contribution >= 4 is 28.5 Å². The van der Waals surface area contributed by atoms with E-state index in [2.05, 4.69) is 48.2 Å². The van der Waals surface area contributed by atoms with Crippen LogP contribution >= 0.6 is 11.3 Å². The van der Waals surface area contributed by atoms with E-state index in [1.807, 2.05) is 35.7 Å². The summed E-state index contributed by atoms with van der Waals surface area (Å²) < 4.78 is 0. The van der Waals surface area contributed by atoms with Gasteiger partial charge in [0.2, 0.25) is 5.91 Å². The second kappa shape index (κ2) is 7.62. The summed E-state index contributed by atoms with van der Waals surface area (Å²) in [5, 5.41) is 5.23. The van der Waals surface area contributed by atoms with Crippen molar-refractivity contribution in [3.63, 3.8) is 0 Å². The van der Waals surface area contributed by atoms with Gasteiger partial charge in [-0.1, -0.05) is 51.1 Å². The SMILES string of the molecule is CC(C)(C)c1ccc(/C=C/C(=O)Nc2nc(-c3ccccn3)cs2)cc1. The topological polar surface area (TPSA) is 54.9 Å². The minimum absolute atomic E-state index is 0.121. The Balaban J connectivity index is 1.62. The summed E-state index contributed by atoms with van der Waals surface area (Å²) in [5.41, 5.74) is 3.92. The van der Waals surface area contributed by atoms with Crippen molar-refractivity contribution in [2.24, 2.45) is 0 Å². The van der Waals surface area contributed by atoms with Crippen LogP contribution < -0.4 is 5.32 Å². The zero-order chi connectivity index (χ0) is 18.6. The highest BCUT2D eigenvalue weighted by Crippen LogP contribution is 2.24. The molecule has 0 radical (unpaired) electrons. The van der Waals surface area contributed by atoms with Gasteiger partial charge < -0.3 is 0 Å². The van der Waals surface area contributed by atoms with Gasteiger partial charge in [0.15, 0.2) is 5.13 Å². The maximum Gasteiger partial charge on any atom is 0.250 e. The molecule has 4 nitrogen and oxygen atoms in total. The molecule has 0 aliphatic rings. The lowest BCUT2D eigenvalue weighted by Crippen LogP contribution is -2.10. The maximum atomic E-state index is 12.1. The third-order valence-electron chi connectivity index (χ3n) is 3.87. The van der Waals surface area contributed by atoms with E-state index < -0.39 is 0 Å². The second-order valence-corrected chi connectivity index (χ2v) is 7.81. The van der Waals surface area contributed by atoms with Crippen LogP contribution in [0, 0.1) is 0 Å². The third kappa shape index (κ3) is 4.64. The molecular weight excluding hydrogens is 342 g/mol. The molecule has 0 unspecified atom stereocenters. The molecule has 0 aliphatic heterocycles. The number of anilines is 1. The molecule has 0 atom stereocenters. The quantitative estimate of drug-likeness (QED) is 0.652. The molecule has 2 heterocycles. The van der Waals surface area contributed by atoms with Crippen LogP contribution in [0.2, 0.25) is 0 Å². The molecule has 1 N–H and O–H groups in total. The monoisotopic (exact) mass is 363 g/mol. The average Bonchev–Trinajstić information content (AvgIpc) is 3.09. The number of pyridine rings is 1. The van der Waals surface area contributed by atoms with Crippen LogP contribution in [0.25, 0.3) is 17.5 Å². The number of hydrogen-bond donors (Lipinski definition) is 1. The van der Waals surface area contributed by atoms with E-state index in [0.29, 0.717) is 5.13 Å². The van der Waals surface area contributed by atoms with Crippen molar-refractivity contribution in [1.29, 1.82) is 0 Å². The van der Waals surface area contributed by atoms with Gasteiger partial charge in [0.1, 0.15) is 5.69 Å². The number of hydrogen-bond acceptors (Lipinski definition) is 4.